The molecule has 3 heteroatoms. The molecule has 1 rings (SSSR count). The maximum atomic E-state index is 11.3. The Morgan fingerprint density at radius 2 is 2.00 bits per heavy atom. The van der Waals surface area contributed by atoms with Gasteiger partial charge in [-0.15, -0.1) is 0 Å². The first-order valence-electron chi connectivity index (χ1n) is 4.97. The molecule has 15 heavy (non-hydrogen) atoms. The second-order valence-corrected chi connectivity index (χ2v) is 3.69. The fourth-order valence-corrected chi connectivity index (χ4v) is 1.63. The van der Waals surface area contributed by atoms with Gasteiger partial charge in [0, 0.05) is 5.92 Å². The minimum absolute atomic E-state index is 0.0290. The molecule has 0 aliphatic heterocycles. The van der Waals surface area contributed by atoms with Gasteiger partial charge in [0.1, 0.15) is 6.04 Å². The van der Waals surface area contributed by atoms with Crippen molar-refractivity contribution in [1.82, 2.24) is 0 Å². The van der Waals surface area contributed by atoms with Crippen molar-refractivity contribution in [2.24, 2.45) is 5.73 Å². The van der Waals surface area contributed by atoms with Gasteiger partial charge in [0.2, 0.25) is 0 Å². The van der Waals surface area contributed by atoms with Crippen molar-refractivity contribution in [2.75, 3.05) is 7.11 Å². The molecule has 82 valence electrons. The van der Waals surface area contributed by atoms with Crippen LogP contribution in [0.1, 0.15) is 24.0 Å². The fourth-order valence-electron chi connectivity index (χ4n) is 1.63. The lowest BCUT2D eigenvalue weighted by molar-refractivity contribution is -0.142. The molecule has 0 aliphatic rings. The third-order valence-corrected chi connectivity index (χ3v) is 2.69. The van der Waals surface area contributed by atoms with Gasteiger partial charge in [-0.05, 0) is 18.1 Å². The largest absolute Gasteiger partial charge is 0.468 e. The maximum Gasteiger partial charge on any atom is 0.323 e. The molecule has 0 radical (unpaired) electrons. The van der Waals surface area contributed by atoms with Crippen molar-refractivity contribution in [3.05, 3.63) is 35.4 Å². The molecule has 0 saturated carbocycles. The highest BCUT2D eigenvalue weighted by Gasteiger charge is 2.23. The van der Waals surface area contributed by atoms with Crippen LogP contribution in [0.4, 0.5) is 0 Å². The number of rotatable bonds is 3. The molecule has 1 aromatic carbocycles. The summed E-state index contributed by atoms with van der Waals surface area (Å²) in [5.41, 5.74) is 8.03. The van der Waals surface area contributed by atoms with Crippen molar-refractivity contribution in [2.45, 2.75) is 25.8 Å². The van der Waals surface area contributed by atoms with Crippen molar-refractivity contribution >= 4 is 5.97 Å². The summed E-state index contributed by atoms with van der Waals surface area (Å²) in [6, 6.07) is 7.31. The number of esters is 1. The molecule has 2 unspecified atom stereocenters. The molecular formula is C12H17NO2. The number of aryl methyl sites for hydroxylation is 1. The predicted octanol–water partition coefficient (Wildman–Crippen LogP) is 1.60. The van der Waals surface area contributed by atoms with Crippen LogP contribution in [0.5, 0.6) is 0 Å². The summed E-state index contributed by atoms with van der Waals surface area (Å²) in [6.45, 7) is 3.94. The lowest BCUT2D eigenvalue weighted by Gasteiger charge is -2.19. The Balaban J connectivity index is 2.89. The average Bonchev–Trinajstić information content (AvgIpc) is 2.26. The van der Waals surface area contributed by atoms with E-state index in [-0.39, 0.29) is 11.9 Å². The highest BCUT2D eigenvalue weighted by molar-refractivity contribution is 5.76. The lowest BCUT2D eigenvalue weighted by atomic mass is 9.91. The third kappa shape index (κ3) is 2.57. The Kier molecular flexibility index (Phi) is 3.86. The van der Waals surface area contributed by atoms with Crippen LogP contribution in [0.25, 0.3) is 0 Å². The van der Waals surface area contributed by atoms with Crippen LogP contribution >= 0.6 is 0 Å². The maximum absolute atomic E-state index is 11.3. The van der Waals surface area contributed by atoms with E-state index in [9.17, 15) is 4.79 Å². The van der Waals surface area contributed by atoms with Gasteiger partial charge < -0.3 is 10.5 Å². The lowest BCUT2D eigenvalue weighted by Crippen LogP contribution is -2.36. The molecule has 0 saturated heterocycles. The smallest absolute Gasteiger partial charge is 0.323 e. The number of hydrogen-bond acceptors (Lipinski definition) is 3. The van der Waals surface area contributed by atoms with Gasteiger partial charge >= 0.3 is 5.97 Å². The first-order chi connectivity index (χ1) is 7.07. The van der Waals surface area contributed by atoms with Gasteiger partial charge in [0.15, 0.2) is 0 Å². The molecule has 0 spiro atoms. The summed E-state index contributed by atoms with van der Waals surface area (Å²) in [5.74, 6) is -0.399. The van der Waals surface area contributed by atoms with Crippen LogP contribution < -0.4 is 5.73 Å². The van der Waals surface area contributed by atoms with Gasteiger partial charge in [-0.1, -0.05) is 31.2 Å². The summed E-state index contributed by atoms with van der Waals surface area (Å²) in [6.07, 6.45) is 0. The second-order valence-electron chi connectivity index (χ2n) is 3.69. The number of carbonyl (C=O) groups is 1. The van der Waals surface area contributed by atoms with E-state index in [1.807, 2.05) is 38.1 Å². The SMILES string of the molecule is COC(=O)C(N)C(C)c1ccccc1C. The Morgan fingerprint density at radius 3 is 2.53 bits per heavy atom. The van der Waals surface area contributed by atoms with E-state index in [0.717, 1.165) is 11.1 Å². The quantitative estimate of drug-likeness (QED) is 0.766. The van der Waals surface area contributed by atoms with E-state index in [1.54, 1.807) is 0 Å². The molecule has 0 heterocycles. The number of ether oxygens (including phenoxy) is 1. The molecule has 2 atom stereocenters. The van der Waals surface area contributed by atoms with E-state index in [2.05, 4.69) is 4.74 Å². The Bertz CT molecular complexity index is 349. The number of hydrogen-bond donors (Lipinski definition) is 1. The van der Waals surface area contributed by atoms with Crippen molar-refractivity contribution in [1.29, 1.82) is 0 Å². The fraction of sp³-hybridized carbons (Fsp3) is 0.417. The van der Waals surface area contributed by atoms with Gasteiger partial charge in [0.25, 0.3) is 0 Å². The second kappa shape index (κ2) is 4.94. The normalized spacial score (nSPS) is 14.4. The van der Waals surface area contributed by atoms with E-state index in [4.69, 9.17) is 5.73 Å². The van der Waals surface area contributed by atoms with E-state index >= 15 is 0 Å². The molecule has 2 N–H and O–H groups in total. The standard InChI is InChI=1S/C12H17NO2/c1-8-6-4-5-7-10(8)9(2)11(13)12(14)15-3/h4-7,9,11H,13H2,1-3H3. The zero-order chi connectivity index (χ0) is 11.4. The minimum atomic E-state index is -0.601. The highest BCUT2D eigenvalue weighted by Crippen LogP contribution is 2.21. The molecule has 0 aliphatic carbocycles. The topological polar surface area (TPSA) is 52.3 Å². The molecule has 3 nitrogen and oxygen atoms in total. The monoisotopic (exact) mass is 207 g/mol. The van der Waals surface area contributed by atoms with Crippen LogP contribution in [0.2, 0.25) is 0 Å². The van der Waals surface area contributed by atoms with Gasteiger partial charge in [-0.25, -0.2) is 0 Å². The molecule has 0 bridgehead atoms. The minimum Gasteiger partial charge on any atom is -0.468 e. The van der Waals surface area contributed by atoms with E-state index in [1.165, 1.54) is 7.11 Å². The van der Waals surface area contributed by atoms with Gasteiger partial charge in [-0.3, -0.25) is 4.79 Å². The van der Waals surface area contributed by atoms with Crippen molar-refractivity contribution < 1.29 is 9.53 Å². The number of nitrogens with two attached hydrogens (primary N) is 1. The van der Waals surface area contributed by atoms with E-state index < -0.39 is 6.04 Å². The summed E-state index contributed by atoms with van der Waals surface area (Å²) >= 11 is 0. The Hall–Kier alpha value is -1.35. The molecule has 0 amide bonds. The summed E-state index contributed by atoms with van der Waals surface area (Å²) in [5, 5.41) is 0. The zero-order valence-corrected chi connectivity index (χ0v) is 9.36. The van der Waals surface area contributed by atoms with Crippen molar-refractivity contribution in [3.8, 4) is 0 Å². The molecule has 0 aromatic heterocycles. The predicted molar refractivity (Wildman–Crippen MR) is 59.6 cm³/mol. The number of methoxy groups -OCH3 is 1. The average molecular weight is 207 g/mol. The number of carbonyl (C=O) groups excluding carboxylic acids is 1. The summed E-state index contributed by atoms with van der Waals surface area (Å²) in [7, 11) is 1.35. The van der Waals surface area contributed by atoms with Gasteiger partial charge in [-0.2, -0.15) is 0 Å². The van der Waals surface area contributed by atoms with Crippen LogP contribution in [0, 0.1) is 6.92 Å². The first-order valence-corrected chi connectivity index (χ1v) is 4.97. The highest BCUT2D eigenvalue weighted by atomic mass is 16.5. The first kappa shape index (κ1) is 11.7. The van der Waals surface area contributed by atoms with Crippen LogP contribution in [-0.2, 0) is 9.53 Å². The molecular weight excluding hydrogens is 190 g/mol. The zero-order valence-electron chi connectivity index (χ0n) is 9.36. The van der Waals surface area contributed by atoms with Crippen LogP contribution in [0.3, 0.4) is 0 Å². The Morgan fingerprint density at radius 1 is 1.40 bits per heavy atom. The van der Waals surface area contributed by atoms with Crippen molar-refractivity contribution in [3.63, 3.8) is 0 Å². The molecule has 0 fully saturated rings. The molecule has 1 aromatic rings. The Labute approximate surface area is 90.2 Å². The summed E-state index contributed by atoms with van der Waals surface area (Å²) < 4.78 is 4.63. The van der Waals surface area contributed by atoms with Crippen LogP contribution in [-0.4, -0.2) is 19.1 Å². The van der Waals surface area contributed by atoms with Gasteiger partial charge in [0.05, 0.1) is 7.11 Å². The number of benzene rings is 1. The summed E-state index contributed by atoms with van der Waals surface area (Å²) in [4.78, 5) is 11.3. The third-order valence-electron chi connectivity index (χ3n) is 2.69. The van der Waals surface area contributed by atoms with E-state index in [0.29, 0.717) is 0 Å². The van der Waals surface area contributed by atoms with Crippen LogP contribution in [0.15, 0.2) is 24.3 Å².